The van der Waals surface area contributed by atoms with Gasteiger partial charge < -0.3 is 4.74 Å². The minimum absolute atomic E-state index is 0.154. The van der Waals surface area contributed by atoms with Gasteiger partial charge in [0.1, 0.15) is 0 Å². The lowest BCUT2D eigenvalue weighted by molar-refractivity contribution is 0.103. The van der Waals surface area contributed by atoms with Gasteiger partial charge in [0.25, 0.3) is 0 Å². The van der Waals surface area contributed by atoms with E-state index in [1.807, 2.05) is 6.07 Å². The number of hydrogen-bond donors (Lipinski definition) is 0. The van der Waals surface area contributed by atoms with E-state index in [-0.39, 0.29) is 5.78 Å². The molecule has 2 rings (SSSR count). The number of carbonyl (C=O) groups excluding carboxylic acids is 1. The number of benzene rings is 2. The summed E-state index contributed by atoms with van der Waals surface area (Å²) in [5, 5.41) is 0.430. The molecule has 0 heterocycles. The van der Waals surface area contributed by atoms with Gasteiger partial charge in [0.05, 0.1) is 17.8 Å². The van der Waals surface area contributed by atoms with Crippen LogP contribution in [0.25, 0.3) is 0 Å². The first kappa shape index (κ1) is 14.3. The maximum atomic E-state index is 12.6. The van der Waals surface area contributed by atoms with E-state index in [1.165, 1.54) is 7.11 Å². The Hall–Kier alpha value is -2.13. The predicted octanol–water partition coefficient (Wildman–Crippen LogP) is 4.27. The summed E-state index contributed by atoms with van der Waals surface area (Å²) in [4.78, 5) is 16.8. The molecule has 0 unspecified atom stereocenters. The highest BCUT2D eigenvalue weighted by Gasteiger charge is 2.15. The van der Waals surface area contributed by atoms with E-state index in [0.29, 0.717) is 27.7 Å². The largest absolute Gasteiger partial charge is 0.484 e. The lowest BCUT2D eigenvalue weighted by atomic mass is 10.0. The van der Waals surface area contributed by atoms with Crippen molar-refractivity contribution >= 4 is 29.0 Å². The number of para-hydroxylation sites is 1. The minimum Gasteiger partial charge on any atom is -0.484 e. The van der Waals surface area contributed by atoms with Crippen LogP contribution in [0.2, 0.25) is 5.02 Å². The number of hydrogen-bond acceptors (Lipinski definition) is 3. The highest BCUT2D eigenvalue weighted by molar-refractivity contribution is 6.35. The Bertz CT molecular complexity index is 665. The maximum absolute atomic E-state index is 12.6. The molecule has 0 spiro atoms. The van der Waals surface area contributed by atoms with Gasteiger partial charge >= 0.3 is 0 Å². The van der Waals surface area contributed by atoms with E-state index in [9.17, 15) is 4.79 Å². The third-order valence-electron chi connectivity index (χ3n) is 2.84. The molecule has 0 bridgehead atoms. The molecule has 0 radical (unpaired) electrons. The van der Waals surface area contributed by atoms with Crippen LogP contribution >= 0.6 is 11.6 Å². The Labute approximate surface area is 122 Å². The molecule has 0 aromatic heterocycles. The number of halogens is 1. The zero-order valence-corrected chi connectivity index (χ0v) is 12.0. The monoisotopic (exact) mass is 287 g/mol. The summed E-state index contributed by atoms with van der Waals surface area (Å²) in [6.07, 6.45) is 0. The van der Waals surface area contributed by atoms with E-state index >= 15 is 0 Å². The summed E-state index contributed by atoms with van der Waals surface area (Å²) in [6.45, 7) is 1.73. The number of aliphatic imine (C=N–C) groups is 1. The lowest BCUT2D eigenvalue weighted by Gasteiger charge is -2.07. The van der Waals surface area contributed by atoms with Crippen molar-refractivity contribution in [3.63, 3.8) is 0 Å². The Morgan fingerprint density at radius 2 is 1.65 bits per heavy atom. The van der Waals surface area contributed by atoms with E-state index in [0.717, 1.165) is 0 Å². The van der Waals surface area contributed by atoms with Crippen molar-refractivity contribution in [1.29, 1.82) is 0 Å². The van der Waals surface area contributed by atoms with Crippen LogP contribution in [0.1, 0.15) is 22.8 Å². The number of rotatable bonds is 3. The van der Waals surface area contributed by atoms with Crippen molar-refractivity contribution < 1.29 is 9.53 Å². The second kappa shape index (κ2) is 6.35. The SMILES string of the molecule is COC(C)=Nc1ccccc1C(=O)c1ccccc1Cl. The second-order valence-corrected chi connectivity index (χ2v) is 4.57. The Morgan fingerprint density at radius 3 is 2.30 bits per heavy atom. The van der Waals surface area contributed by atoms with Crippen molar-refractivity contribution in [3.8, 4) is 0 Å². The van der Waals surface area contributed by atoms with Crippen molar-refractivity contribution in [2.75, 3.05) is 7.11 Å². The van der Waals surface area contributed by atoms with Gasteiger partial charge in [-0.3, -0.25) is 4.79 Å². The summed E-state index contributed by atoms with van der Waals surface area (Å²) in [5.74, 6) is 0.336. The van der Waals surface area contributed by atoms with Gasteiger partial charge in [0, 0.05) is 18.1 Å². The van der Waals surface area contributed by atoms with Crippen LogP contribution in [-0.2, 0) is 4.74 Å². The topological polar surface area (TPSA) is 38.7 Å². The molecule has 0 amide bonds. The van der Waals surface area contributed by atoms with Crippen molar-refractivity contribution in [3.05, 3.63) is 64.7 Å². The molecule has 20 heavy (non-hydrogen) atoms. The molecule has 102 valence electrons. The van der Waals surface area contributed by atoms with Gasteiger partial charge in [0.15, 0.2) is 11.7 Å². The quantitative estimate of drug-likeness (QED) is 0.480. The first-order valence-corrected chi connectivity index (χ1v) is 6.49. The summed E-state index contributed by atoms with van der Waals surface area (Å²) < 4.78 is 5.03. The predicted molar refractivity (Wildman–Crippen MR) is 81.1 cm³/mol. The van der Waals surface area contributed by atoms with E-state index in [4.69, 9.17) is 16.3 Å². The summed E-state index contributed by atoms with van der Waals surface area (Å²) >= 11 is 6.07. The van der Waals surface area contributed by atoms with Gasteiger partial charge in [0.2, 0.25) is 0 Å². The molecule has 0 aliphatic heterocycles. The zero-order valence-electron chi connectivity index (χ0n) is 11.3. The van der Waals surface area contributed by atoms with Crippen molar-refractivity contribution in [2.24, 2.45) is 4.99 Å². The van der Waals surface area contributed by atoms with Crippen LogP contribution < -0.4 is 0 Å². The lowest BCUT2D eigenvalue weighted by Crippen LogP contribution is -2.03. The molecule has 4 heteroatoms. The zero-order chi connectivity index (χ0) is 14.5. The molecule has 0 fully saturated rings. The third kappa shape index (κ3) is 3.06. The standard InChI is InChI=1S/C16H14ClNO2/c1-11(20-2)18-15-10-6-4-8-13(15)16(19)12-7-3-5-9-14(12)17/h3-10H,1-2H3. The van der Waals surface area contributed by atoms with Crippen LogP contribution in [0, 0.1) is 0 Å². The van der Waals surface area contributed by atoms with E-state index in [1.54, 1.807) is 49.4 Å². The van der Waals surface area contributed by atoms with E-state index in [2.05, 4.69) is 4.99 Å². The second-order valence-electron chi connectivity index (χ2n) is 4.16. The molecule has 2 aromatic carbocycles. The number of methoxy groups -OCH3 is 1. The van der Waals surface area contributed by atoms with Crippen LogP contribution in [0.15, 0.2) is 53.5 Å². The maximum Gasteiger partial charge on any atom is 0.196 e. The first-order valence-electron chi connectivity index (χ1n) is 6.11. The normalized spacial score (nSPS) is 11.2. The van der Waals surface area contributed by atoms with Gasteiger partial charge in [-0.25, -0.2) is 4.99 Å². The average molecular weight is 288 g/mol. The van der Waals surface area contributed by atoms with Gasteiger partial charge in [-0.2, -0.15) is 0 Å². The highest BCUT2D eigenvalue weighted by atomic mass is 35.5. The van der Waals surface area contributed by atoms with Crippen LogP contribution in [-0.4, -0.2) is 18.8 Å². The molecule has 0 aliphatic carbocycles. The fraction of sp³-hybridized carbons (Fsp3) is 0.125. The minimum atomic E-state index is -0.154. The van der Waals surface area contributed by atoms with Gasteiger partial charge in [-0.05, 0) is 24.3 Å². The van der Waals surface area contributed by atoms with Gasteiger partial charge in [-0.1, -0.05) is 35.9 Å². The van der Waals surface area contributed by atoms with Crippen molar-refractivity contribution in [2.45, 2.75) is 6.92 Å². The molecule has 2 aromatic rings. The number of ketones is 1. The average Bonchev–Trinajstić information content (AvgIpc) is 2.47. The molecule has 0 aliphatic rings. The Kier molecular flexibility index (Phi) is 4.53. The number of ether oxygens (including phenoxy) is 1. The number of carbonyl (C=O) groups is 1. The molecular formula is C16H14ClNO2. The summed E-state index contributed by atoms with van der Waals surface area (Å²) in [6, 6.07) is 14.1. The van der Waals surface area contributed by atoms with E-state index < -0.39 is 0 Å². The molecular weight excluding hydrogens is 274 g/mol. The van der Waals surface area contributed by atoms with Crippen LogP contribution in [0.5, 0.6) is 0 Å². The summed E-state index contributed by atoms with van der Waals surface area (Å²) in [7, 11) is 1.54. The molecule has 0 saturated heterocycles. The molecule has 3 nitrogen and oxygen atoms in total. The number of nitrogens with zero attached hydrogens (tertiary/aromatic N) is 1. The summed E-state index contributed by atoms with van der Waals surface area (Å²) in [5.41, 5.74) is 1.53. The fourth-order valence-electron chi connectivity index (χ4n) is 1.77. The van der Waals surface area contributed by atoms with Crippen molar-refractivity contribution in [1.82, 2.24) is 0 Å². The third-order valence-corrected chi connectivity index (χ3v) is 3.17. The van der Waals surface area contributed by atoms with Crippen LogP contribution in [0.4, 0.5) is 5.69 Å². The van der Waals surface area contributed by atoms with Crippen LogP contribution in [0.3, 0.4) is 0 Å². The smallest absolute Gasteiger partial charge is 0.196 e. The molecule has 0 N–H and O–H groups in total. The van der Waals surface area contributed by atoms with Gasteiger partial charge in [-0.15, -0.1) is 0 Å². The molecule has 0 saturated carbocycles. The Balaban J connectivity index is 2.49. The Morgan fingerprint density at radius 1 is 1.05 bits per heavy atom. The first-order chi connectivity index (χ1) is 9.63. The highest BCUT2D eigenvalue weighted by Crippen LogP contribution is 2.25. The molecule has 0 atom stereocenters. The fourth-order valence-corrected chi connectivity index (χ4v) is 1.99.